The number of nitrogens with zero attached hydrogens (tertiary/aromatic N) is 1. The van der Waals surface area contributed by atoms with Crippen molar-refractivity contribution in [3.05, 3.63) is 84.6 Å². The van der Waals surface area contributed by atoms with Gasteiger partial charge in [-0.05, 0) is 68.8 Å². The number of anilines is 2. The molecule has 0 fully saturated rings. The molecule has 37 heavy (non-hydrogen) atoms. The van der Waals surface area contributed by atoms with Gasteiger partial charge in [-0.3, -0.25) is 5.32 Å². The van der Waals surface area contributed by atoms with Gasteiger partial charge in [-0.1, -0.05) is 30.3 Å². The second kappa shape index (κ2) is 11.8. The van der Waals surface area contributed by atoms with Crippen molar-refractivity contribution in [3.8, 4) is 21.0 Å². The van der Waals surface area contributed by atoms with Crippen molar-refractivity contribution in [1.82, 2.24) is 9.71 Å². The molecule has 4 rings (SSSR count). The minimum Gasteiger partial charge on any atom is -0.593 e. The number of thiazole rings is 1. The number of hydrogen-bond acceptors (Lipinski definition) is 7. The molecular formula is C28H30N4O3S2. The van der Waals surface area contributed by atoms with E-state index < -0.39 is 17.5 Å². The summed E-state index contributed by atoms with van der Waals surface area (Å²) >= 11 is 0.0224. The lowest BCUT2D eigenvalue weighted by Gasteiger charge is -2.23. The van der Waals surface area contributed by atoms with Gasteiger partial charge in [0, 0.05) is 30.2 Å². The Balaban J connectivity index is 1.60. The average molecular weight is 535 g/mol. The molecule has 0 saturated carbocycles. The van der Waals surface area contributed by atoms with Crippen LogP contribution in [0.25, 0.3) is 21.0 Å². The van der Waals surface area contributed by atoms with Crippen LogP contribution in [0.3, 0.4) is 0 Å². The summed E-state index contributed by atoms with van der Waals surface area (Å²) in [5, 5.41) is 6.74. The number of carbonyl (C=O) groups is 1. The average Bonchev–Trinajstić information content (AvgIpc) is 3.37. The van der Waals surface area contributed by atoms with Crippen LogP contribution >= 0.6 is 11.3 Å². The Bertz CT molecular complexity index is 1340. The van der Waals surface area contributed by atoms with Crippen molar-refractivity contribution < 1.29 is 14.1 Å². The first-order valence-electron chi connectivity index (χ1n) is 11.8. The highest BCUT2D eigenvalue weighted by Crippen LogP contribution is 2.37. The third-order valence-corrected chi connectivity index (χ3v) is 7.86. The van der Waals surface area contributed by atoms with Crippen LogP contribution in [0.15, 0.2) is 83.9 Å². The molecule has 1 atom stereocenters. The molecule has 9 heteroatoms. The van der Waals surface area contributed by atoms with Gasteiger partial charge in [0.1, 0.15) is 11.6 Å². The summed E-state index contributed by atoms with van der Waals surface area (Å²) in [6.45, 7) is 6.05. The van der Waals surface area contributed by atoms with Gasteiger partial charge in [-0.15, -0.1) is 16.1 Å². The maximum Gasteiger partial charge on any atom is 0.411 e. The van der Waals surface area contributed by atoms with E-state index in [4.69, 9.17) is 4.74 Å². The largest absolute Gasteiger partial charge is 0.593 e. The van der Waals surface area contributed by atoms with E-state index in [-0.39, 0.29) is 12.1 Å². The third-order valence-electron chi connectivity index (χ3n) is 5.23. The summed E-state index contributed by atoms with van der Waals surface area (Å²) in [6, 6.07) is 22.8. The van der Waals surface area contributed by atoms with Crippen molar-refractivity contribution >= 4 is 40.2 Å². The number of carbonyl (C=O) groups excluding carboxylic acids is 1. The summed E-state index contributed by atoms with van der Waals surface area (Å²) in [5.41, 5.74) is 3.82. The van der Waals surface area contributed by atoms with Crippen molar-refractivity contribution in [2.24, 2.45) is 0 Å². The van der Waals surface area contributed by atoms with Crippen molar-refractivity contribution in [3.63, 3.8) is 0 Å². The molecule has 1 heterocycles. The third kappa shape index (κ3) is 7.33. The minimum absolute atomic E-state index is 0.168. The standard InChI is InChI=1S/C28H30N4O3S2/c1-28(2,3)32-37(34)25-15-14-22(31-27(33)35-18-19-8-6-5-7-9-19)16-23(25)24-17-30-26(36-24)20-10-12-21(29-4)13-11-20/h5-17,29,32H,18H2,1-4H3,(H,31,33). The fourth-order valence-corrected chi connectivity index (χ4v) is 5.73. The Hall–Kier alpha value is -3.37. The first-order valence-corrected chi connectivity index (χ1v) is 13.7. The van der Waals surface area contributed by atoms with Crippen LogP contribution in [0.1, 0.15) is 26.3 Å². The van der Waals surface area contributed by atoms with E-state index >= 15 is 0 Å². The number of rotatable bonds is 8. The number of amides is 1. The molecule has 0 bridgehead atoms. The van der Waals surface area contributed by atoms with E-state index in [9.17, 15) is 9.35 Å². The predicted molar refractivity (Wildman–Crippen MR) is 152 cm³/mol. The summed E-state index contributed by atoms with van der Waals surface area (Å²) in [5.74, 6) is 0. The topological polar surface area (TPSA) is 98.3 Å². The van der Waals surface area contributed by atoms with Crippen molar-refractivity contribution in [1.29, 1.82) is 0 Å². The molecule has 4 aromatic rings. The molecule has 0 spiro atoms. The van der Waals surface area contributed by atoms with E-state index in [1.165, 1.54) is 11.3 Å². The maximum atomic E-state index is 13.3. The highest BCUT2D eigenvalue weighted by Gasteiger charge is 2.25. The summed E-state index contributed by atoms with van der Waals surface area (Å²) in [6.07, 6.45) is 1.21. The number of hydrogen-bond donors (Lipinski definition) is 3. The van der Waals surface area contributed by atoms with Gasteiger partial charge < -0.3 is 14.6 Å². The Morgan fingerprint density at radius 1 is 1.03 bits per heavy atom. The number of benzene rings is 3. The summed E-state index contributed by atoms with van der Waals surface area (Å²) in [7, 11) is 1.88. The van der Waals surface area contributed by atoms with E-state index in [1.807, 2.05) is 88.5 Å². The second-order valence-corrected chi connectivity index (χ2v) is 11.6. The normalized spacial score (nSPS) is 12.1. The smallest absolute Gasteiger partial charge is 0.411 e. The van der Waals surface area contributed by atoms with E-state index in [1.54, 1.807) is 18.3 Å². The van der Waals surface area contributed by atoms with Crippen LogP contribution in [-0.4, -0.2) is 28.2 Å². The lowest BCUT2D eigenvalue weighted by molar-refractivity contribution is 0.155. The summed E-state index contributed by atoms with van der Waals surface area (Å²) in [4.78, 5) is 18.5. The molecule has 1 amide bonds. The molecule has 0 aliphatic rings. The molecule has 1 aromatic heterocycles. The molecular weight excluding hydrogens is 504 g/mol. The highest BCUT2D eigenvalue weighted by atomic mass is 32.2. The molecule has 0 aliphatic carbocycles. The first kappa shape index (κ1) is 26.7. The molecule has 3 aromatic carbocycles. The zero-order valence-corrected chi connectivity index (χ0v) is 22.8. The van der Waals surface area contributed by atoms with Gasteiger partial charge in [0.05, 0.1) is 27.3 Å². The van der Waals surface area contributed by atoms with Crippen LogP contribution in [0, 0.1) is 0 Å². The van der Waals surface area contributed by atoms with Crippen molar-refractivity contribution in [2.45, 2.75) is 37.8 Å². The molecule has 0 saturated heterocycles. The highest BCUT2D eigenvalue weighted by molar-refractivity contribution is 7.89. The molecule has 0 radical (unpaired) electrons. The van der Waals surface area contributed by atoms with Gasteiger partial charge >= 0.3 is 6.09 Å². The van der Waals surface area contributed by atoms with Gasteiger partial charge in [-0.25, -0.2) is 9.78 Å². The fourth-order valence-electron chi connectivity index (χ4n) is 3.48. The van der Waals surface area contributed by atoms with Crippen LogP contribution in [0.4, 0.5) is 16.2 Å². The SMILES string of the molecule is CNc1ccc(-c2ncc(-c3cc(NC(=O)OCc4ccccc4)ccc3[S+]([O-])NC(C)(C)C)s2)cc1. The lowest BCUT2D eigenvalue weighted by atomic mass is 10.1. The molecule has 0 aliphatic heterocycles. The Morgan fingerprint density at radius 2 is 1.73 bits per heavy atom. The maximum absolute atomic E-state index is 13.3. The van der Waals surface area contributed by atoms with Crippen LogP contribution < -0.4 is 15.4 Å². The van der Waals surface area contributed by atoms with Crippen molar-refractivity contribution in [2.75, 3.05) is 17.7 Å². The predicted octanol–water partition coefficient (Wildman–Crippen LogP) is 6.68. The lowest BCUT2D eigenvalue weighted by Crippen LogP contribution is -2.40. The monoisotopic (exact) mass is 534 g/mol. The molecule has 192 valence electrons. The second-order valence-electron chi connectivity index (χ2n) is 9.38. The molecule has 7 nitrogen and oxygen atoms in total. The van der Waals surface area contributed by atoms with Gasteiger partial charge in [0.25, 0.3) is 0 Å². The van der Waals surface area contributed by atoms with Crippen LogP contribution in [0.2, 0.25) is 0 Å². The van der Waals surface area contributed by atoms with E-state index in [0.29, 0.717) is 10.6 Å². The number of ether oxygens (including phenoxy) is 1. The Labute approximate surface area is 224 Å². The number of nitrogens with one attached hydrogen (secondary N) is 3. The Morgan fingerprint density at radius 3 is 2.41 bits per heavy atom. The molecule has 3 N–H and O–H groups in total. The number of aromatic nitrogens is 1. The molecule has 1 unspecified atom stereocenters. The zero-order chi connectivity index (χ0) is 26.4. The van der Waals surface area contributed by atoms with Crippen LogP contribution in [-0.2, 0) is 22.7 Å². The van der Waals surface area contributed by atoms with Crippen LogP contribution in [0.5, 0.6) is 0 Å². The Kier molecular flexibility index (Phi) is 8.50. The van der Waals surface area contributed by atoms with E-state index in [0.717, 1.165) is 32.3 Å². The zero-order valence-electron chi connectivity index (χ0n) is 21.2. The summed E-state index contributed by atoms with van der Waals surface area (Å²) < 4.78 is 21.8. The quantitative estimate of drug-likeness (QED) is 0.218. The van der Waals surface area contributed by atoms with Gasteiger partial charge in [0.15, 0.2) is 4.90 Å². The fraction of sp³-hybridized carbons (Fsp3) is 0.214. The van der Waals surface area contributed by atoms with E-state index in [2.05, 4.69) is 20.3 Å². The first-order chi connectivity index (χ1) is 17.7. The minimum atomic E-state index is -1.48. The van der Waals surface area contributed by atoms with Gasteiger partial charge in [0.2, 0.25) is 0 Å². The van der Waals surface area contributed by atoms with Gasteiger partial charge in [-0.2, -0.15) is 0 Å².